The van der Waals surface area contributed by atoms with Gasteiger partial charge in [0.1, 0.15) is 18.1 Å². The monoisotopic (exact) mass is 462 g/mol. The highest BCUT2D eigenvalue weighted by Gasteiger charge is 2.39. The molecule has 0 aliphatic carbocycles. The van der Waals surface area contributed by atoms with Gasteiger partial charge in [-0.3, -0.25) is 14.4 Å². The van der Waals surface area contributed by atoms with E-state index in [1.165, 1.54) is 4.90 Å². The van der Waals surface area contributed by atoms with Crippen molar-refractivity contribution >= 4 is 23.7 Å². The van der Waals surface area contributed by atoms with Crippen LogP contribution in [0.5, 0.6) is 0 Å². The predicted octanol–water partition coefficient (Wildman–Crippen LogP) is -0.360. The summed E-state index contributed by atoms with van der Waals surface area (Å²) in [6, 6.07) is 5.08. The lowest BCUT2D eigenvalue weighted by molar-refractivity contribution is -0.145. The van der Waals surface area contributed by atoms with Gasteiger partial charge in [-0.2, -0.15) is 0 Å². The Labute approximate surface area is 193 Å². The van der Waals surface area contributed by atoms with Crippen molar-refractivity contribution in [3.8, 4) is 0 Å². The Morgan fingerprint density at radius 1 is 1.12 bits per heavy atom. The van der Waals surface area contributed by atoms with Gasteiger partial charge in [-0.25, -0.2) is 4.79 Å². The molecule has 10 nitrogen and oxygen atoms in total. The molecule has 0 bridgehead atoms. The van der Waals surface area contributed by atoms with Gasteiger partial charge in [0, 0.05) is 6.54 Å². The number of nitrogens with two attached hydrogens (primary N) is 1. The third-order valence-electron chi connectivity index (χ3n) is 5.59. The number of hydrogen-bond acceptors (Lipinski definition) is 6. The molecule has 6 N–H and O–H groups in total. The number of nitrogens with zero attached hydrogens (tertiary/aromatic N) is 1. The van der Waals surface area contributed by atoms with Crippen LogP contribution in [-0.2, 0) is 25.6 Å². The molecule has 182 valence electrons. The van der Waals surface area contributed by atoms with E-state index >= 15 is 0 Å². The van der Waals surface area contributed by atoms with Gasteiger partial charge in [0.25, 0.3) is 0 Å². The molecule has 3 amide bonds. The van der Waals surface area contributed by atoms with Crippen LogP contribution in [0, 0.1) is 5.92 Å². The molecule has 4 unspecified atom stereocenters. The van der Waals surface area contributed by atoms with Crippen molar-refractivity contribution in [3.05, 3.63) is 35.9 Å². The average Bonchev–Trinajstić information content (AvgIpc) is 3.26. The molecule has 1 aliphatic heterocycles. The van der Waals surface area contributed by atoms with E-state index < -0.39 is 54.5 Å². The van der Waals surface area contributed by atoms with E-state index in [1.807, 2.05) is 44.2 Å². The maximum absolute atomic E-state index is 13.0. The summed E-state index contributed by atoms with van der Waals surface area (Å²) in [6.45, 7) is 3.31. The van der Waals surface area contributed by atoms with Gasteiger partial charge in [-0.1, -0.05) is 44.2 Å². The van der Waals surface area contributed by atoms with Gasteiger partial charge in [0.15, 0.2) is 0 Å². The van der Waals surface area contributed by atoms with E-state index in [1.54, 1.807) is 0 Å². The first-order chi connectivity index (χ1) is 15.6. The number of carbonyl (C=O) groups excluding carboxylic acids is 3. The molecule has 2 rings (SSSR count). The second kappa shape index (κ2) is 12.3. The Balaban J connectivity index is 2.01. The van der Waals surface area contributed by atoms with Gasteiger partial charge in [-0.05, 0) is 37.2 Å². The smallest absolute Gasteiger partial charge is 0.326 e. The molecular formula is C23H34N4O6. The Morgan fingerprint density at radius 2 is 1.79 bits per heavy atom. The first-order valence-corrected chi connectivity index (χ1v) is 11.2. The van der Waals surface area contributed by atoms with E-state index in [-0.39, 0.29) is 25.3 Å². The van der Waals surface area contributed by atoms with Crippen LogP contribution in [0.1, 0.15) is 38.7 Å². The van der Waals surface area contributed by atoms with Crippen LogP contribution >= 0.6 is 0 Å². The Morgan fingerprint density at radius 3 is 2.36 bits per heavy atom. The molecule has 1 aromatic carbocycles. The molecule has 1 fully saturated rings. The number of rotatable bonds is 11. The number of hydrogen-bond donors (Lipinski definition) is 5. The minimum absolute atomic E-state index is 0.0572. The summed E-state index contributed by atoms with van der Waals surface area (Å²) in [5.74, 6) is -2.83. The SMILES string of the molecule is CC(C)CC(NC(=O)C1CCCN1C(=O)C(CO)NC(=O)C(N)Cc1ccccc1)C(=O)O. The van der Waals surface area contributed by atoms with Gasteiger partial charge < -0.3 is 31.5 Å². The number of benzene rings is 1. The van der Waals surface area contributed by atoms with E-state index in [9.17, 15) is 29.4 Å². The van der Waals surface area contributed by atoms with E-state index in [4.69, 9.17) is 5.73 Å². The number of nitrogens with one attached hydrogen (secondary N) is 2. The van der Waals surface area contributed by atoms with Crippen molar-refractivity contribution in [2.45, 2.75) is 63.7 Å². The number of aliphatic hydroxyl groups is 1. The molecule has 1 saturated heterocycles. The summed E-state index contributed by atoms with van der Waals surface area (Å²) in [5, 5.41) is 24.1. The lowest BCUT2D eigenvalue weighted by atomic mass is 10.0. The topological polar surface area (TPSA) is 162 Å². The van der Waals surface area contributed by atoms with Crippen LogP contribution in [0.15, 0.2) is 30.3 Å². The zero-order valence-corrected chi connectivity index (χ0v) is 19.1. The molecule has 1 aromatic rings. The lowest BCUT2D eigenvalue weighted by Gasteiger charge is -2.29. The van der Waals surface area contributed by atoms with Crippen LogP contribution in [0.25, 0.3) is 0 Å². The highest BCUT2D eigenvalue weighted by molar-refractivity contribution is 5.94. The quantitative estimate of drug-likeness (QED) is 0.300. The number of carbonyl (C=O) groups is 4. The summed E-state index contributed by atoms with van der Waals surface area (Å²) >= 11 is 0. The molecule has 1 heterocycles. The summed E-state index contributed by atoms with van der Waals surface area (Å²) in [5.41, 5.74) is 6.82. The molecule has 33 heavy (non-hydrogen) atoms. The number of aliphatic hydroxyl groups excluding tert-OH is 1. The summed E-state index contributed by atoms with van der Waals surface area (Å²) < 4.78 is 0. The average molecular weight is 463 g/mol. The van der Waals surface area contributed by atoms with E-state index in [0.717, 1.165) is 5.56 Å². The molecule has 0 spiro atoms. The zero-order chi connectivity index (χ0) is 24.5. The van der Waals surface area contributed by atoms with Crippen molar-refractivity contribution in [2.75, 3.05) is 13.2 Å². The normalized spacial score (nSPS) is 18.5. The van der Waals surface area contributed by atoms with Gasteiger partial charge >= 0.3 is 5.97 Å². The first kappa shape index (κ1) is 26.3. The summed E-state index contributed by atoms with van der Waals surface area (Å²) in [7, 11) is 0. The fourth-order valence-electron chi connectivity index (χ4n) is 3.89. The third kappa shape index (κ3) is 7.54. The van der Waals surface area contributed by atoms with Gasteiger partial charge in [0.2, 0.25) is 17.7 Å². The van der Waals surface area contributed by atoms with Crippen LogP contribution in [0.4, 0.5) is 0 Å². The number of carboxylic acids is 1. The largest absolute Gasteiger partial charge is 0.480 e. The van der Waals surface area contributed by atoms with Crippen LogP contribution in [0.2, 0.25) is 0 Å². The van der Waals surface area contributed by atoms with E-state index in [2.05, 4.69) is 10.6 Å². The third-order valence-corrected chi connectivity index (χ3v) is 5.59. The number of aliphatic carboxylic acids is 1. The molecule has 4 atom stereocenters. The van der Waals surface area contributed by atoms with Crippen LogP contribution in [0.3, 0.4) is 0 Å². The van der Waals surface area contributed by atoms with Crippen LogP contribution < -0.4 is 16.4 Å². The second-order valence-electron chi connectivity index (χ2n) is 8.76. The molecule has 0 aromatic heterocycles. The maximum atomic E-state index is 13.0. The van der Waals surface area contributed by atoms with E-state index in [0.29, 0.717) is 12.8 Å². The highest BCUT2D eigenvalue weighted by atomic mass is 16.4. The maximum Gasteiger partial charge on any atom is 0.326 e. The van der Waals surface area contributed by atoms with Crippen molar-refractivity contribution in [3.63, 3.8) is 0 Å². The molecule has 1 aliphatic rings. The minimum Gasteiger partial charge on any atom is -0.480 e. The predicted molar refractivity (Wildman–Crippen MR) is 121 cm³/mol. The van der Waals surface area contributed by atoms with Gasteiger partial charge in [0.05, 0.1) is 12.6 Å². The zero-order valence-electron chi connectivity index (χ0n) is 19.1. The first-order valence-electron chi connectivity index (χ1n) is 11.2. The highest BCUT2D eigenvalue weighted by Crippen LogP contribution is 2.19. The molecule has 0 radical (unpaired) electrons. The number of amides is 3. The standard InChI is InChI=1S/C23H34N4O6/c1-14(2)11-17(23(32)33)25-21(30)19-9-6-10-27(19)22(31)18(13-28)26-20(29)16(24)12-15-7-4-3-5-8-15/h3-5,7-8,14,16-19,28H,6,9-13,24H2,1-2H3,(H,25,30)(H,26,29)(H,32,33). The lowest BCUT2D eigenvalue weighted by Crippen LogP contribution is -2.58. The fraction of sp³-hybridized carbons (Fsp3) is 0.565. The van der Waals surface area contributed by atoms with Crippen molar-refractivity contribution in [1.82, 2.24) is 15.5 Å². The molecule has 0 saturated carbocycles. The number of carboxylic acid groups (broad SMARTS) is 1. The Bertz CT molecular complexity index is 832. The van der Waals surface area contributed by atoms with Crippen molar-refractivity contribution < 1.29 is 29.4 Å². The minimum atomic E-state index is -1.25. The number of likely N-dealkylation sites (tertiary alicyclic amines) is 1. The second-order valence-corrected chi connectivity index (χ2v) is 8.76. The molecule has 10 heteroatoms. The Hall–Kier alpha value is -2.98. The van der Waals surface area contributed by atoms with Crippen molar-refractivity contribution in [2.24, 2.45) is 11.7 Å². The van der Waals surface area contributed by atoms with Gasteiger partial charge in [-0.15, -0.1) is 0 Å². The van der Waals surface area contributed by atoms with Crippen LogP contribution in [-0.4, -0.2) is 76.1 Å². The summed E-state index contributed by atoms with van der Waals surface area (Å²) in [6.07, 6.45) is 1.44. The fourth-order valence-corrected chi connectivity index (χ4v) is 3.89. The van der Waals surface area contributed by atoms with Crippen molar-refractivity contribution in [1.29, 1.82) is 0 Å². The Kier molecular flexibility index (Phi) is 9.80. The summed E-state index contributed by atoms with van der Waals surface area (Å²) in [4.78, 5) is 51.1. The molecular weight excluding hydrogens is 428 g/mol.